The van der Waals surface area contributed by atoms with Crippen molar-refractivity contribution in [1.29, 1.82) is 0 Å². The van der Waals surface area contributed by atoms with Crippen molar-refractivity contribution in [2.24, 2.45) is 11.4 Å². The zero-order valence-corrected chi connectivity index (χ0v) is 15.8. The first-order chi connectivity index (χ1) is 12.2. The van der Waals surface area contributed by atoms with Gasteiger partial charge in [0, 0.05) is 36.1 Å². The van der Waals surface area contributed by atoms with Crippen LogP contribution in [0.2, 0.25) is 5.02 Å². The van der Waals surface area contributed by atoms with E-state index in [1.807, 2.05) is 0 Å². The maximum atomic E-state index is 12.6. The second kappa shape index (κ2) is 6.58. The summed E-state index contributed by atoms with van der Waals surface area (Å²) < 4.78 is 31.0. The Kier molecular flexibility index (Phi) is 4.59. The molecule has 1 aliphatic heterocycles. The molecule has 10 heteroatoms. The molecule has 0 saturated carbocycles. The van der Waals surface area contributed by atoms with E-state index in [2.05, 4.69) is 14.8 Å². The number of hydrogen-bond donors (Lipinski definition) is 1. The molecule has 1 aliphatic rings. The molecule has 0 atom stereocenters. The number of amides is 1. The Morgan fingerprint density at radius 1 is 1.27 bits per heavy atom. The van der Waals surface area contributed by atoms with Crippen molar-refractivity contribution in [2.75, 3.05) is 12.4 Å². The number of nitrogens with one attached hydrogen (secondary N) is 1. The van der Waals surface area contributed by atoms with Crippen molar-refractivity contribution in [3.8, 4) is 0 Å². The summed E-state index contributed by atoms with van der Waals surface area (Å²) in [6.07, 6.45) is 2.93. The highest BCUT2D eigenvalue weighted by atomic mass is 35.5. The first-order valence-electron chi connectivity index (χ1n) is 7.55. The molecule has 1 amide bonds. The van der Waals surface area contributed by atoms with Gasteiger partial charge in [0.1, 0.15) is 5.70 Å². The molecule has 2 aromatic rings. The third-order valence-corrected chi connectivity index (χ3v) is 5.55. The van der Waals surface area contributed by atoms with E-state index in [4.69, 9.17) is 11.6 Å². The third kappa shape index (κ3) is 3.35. The van der Waals surface area contributed by atoms with Gasteiger partial charge in [-0.2, -0.15) is 13.5 Å². The highest BCUT2D eigenvalue weighted by Gasteiger charge is 2.31. The SMILES string of the molecule is Cc1c(C2=NS(=O)(=O)N(C)C(C(=O)Nc3cccc(Cl)c3)=C2)cnn1C. The molecule has 0 unspecified atom stereocenters. The number of nitrogens with zero attached hydrogens (tertiary/aromatic N) is 4. The molecule has 0 aliphatic carbocycles. The number of aromatic nitrogens is 2. The van der Waals surface area contributed by atoms with E-state index in [9.17, 15) is 13.2 Å². The summed E-state index contributed by atoms with van der Waals surface area (Å²) in [7, 11) is -1.02. The topological polar surface area (TPSA) is 96.7 Å². The van der Waals surface area contributed by atoms with Crippen LogP contribution >= 0.6 is 11.6 Å². The molecule has 0 fully saturated rings. The van der Waals surface area contributed by atoms with Gasteiger partial charge >= 0.3 is 10.2 Å². The fraction of sp³-hybridized carbons (Fsp3) is 0.188. The lowest BCUT2D eigenvalue weighted by Gasteiger charge is -2.23. The molecule has 1 N–H and O–H groups in total. The molecule has 1 aromatic heterocycles. The van der Waals surface area contributed by atoms with Crippen LogP contribution in [0.4, 0.5) is 5.69 Å². The predicted octanol–water partition coefficient (Wildman–Crippen LogP) is 1.88. The van der Waals surface area contributed by atoms with Crippen molar-refractivity contribution in [1.82, 2.24) is 14.1 Å². The standard InChI is InChI=1S/C16H16ClN5O3S/c1-10-13(9-18-21(10)2)14-8-15(22(3)26(24,25)20-14)16(23)19-12-6-4-5-11(17)7-12/h4-9H,1-3H3,(H,19,23). The van der Waals surface area contributed by atoms with Crippen LogP contribution in [0, 0.1) is 6.92 Å². The Morgan fingerprint density at radius 2 is 2.00 bits per heavy atom. The minimum Gasteiger partial charge on any atom is -0.321 e. The highest BCUT2D eigenvalue weighted by molar-refractivity contribution is 7.88. The number of anilines is 1. The molecule has 2 heterocycles. The number of halogens is 1. The number of rotatable bonds is 3. The lowest BCUT2D eigenvalue weighted by Crippen LogP contribution is -2.35. The lowest BCUT2D eigenvalue weighted by atomic mass is 10.1. The van der Waals surface area contributed by atoms with Crippen LogP contribution in [-0.4, -0.2) is 41.2 Å². The van der Waals surface area contributed by atoms with Gasteiger partial charge in [0.15, 0.2) is 0 Å². The van der Waals surface area contributed by atoms with Crippen molar-refractivity contribution >= 4 is 39.1 Å². The number of allylic oxidation sites excluding steroid dienone is 1. The number of carbonyl (C=O) groups is 1. The normalized spacial score (nSPS) is 16.1. The van der Waals surface area contributed by atoms with E-state index in [1.54, 1.807) is 42.9 Å². The molecule has 8 nitrogen and oxygen atoms in total. The van der Waals surface area contributed by atoms with E-state index in [-0.39, 0.29) is 11.4 Å². The molecule has 136 valence electrons. The second-order valence-corrected chi connectivity index (χ2v) is 7.75. The van der Waals surface area contributed by atoms with Gasteiger partial charge in [-0.05, 0) is 31.2 Å². The minimum absolute atomic E-state index is 0.0572. The van der Waals surface area contributed by atoms with Gasteiger partial charge in [-0.15, -0.1) is 4.40 Å². The van der Waals surface area contributed by atoms with E-state index < -0.39 is 16.1 Å². The highest BCUT2D eigenvalue weighted by Crippen LogP contribution is 2.23. The van der Waals surface area contributed by atoms with Gasteiger partial charge in [0.05, 0.1) is 11.9 Å². The van der Waals surface area contributed by atoms with Gasteiger partial charge in [0.2, 0.25) is 0 Å². The van der Waals surface area contributed by atoms with Gasteiger partial charge in [-0.3, -0.25) is 9.48 Å². The van der Waals surface area contributed by atoms with Crippen molar-refractivity contribution in [2.45, 2.75) is 6.92 Å². The summed E-state index contributed by atoms with van der Waals surface area (Å²) >= 11 is 5.91. The monoisotopic (exact) mass is 393 g/mol. The Labute approximate surface area is 156 Å². The average Bonchev–Trinajstić information content (AvgIpc) is 2.89. The van der Waals surface area contributed by atoms with Crippen molar-refractivity contribution in [3.63, 3.8) is 0 Å². The molecular formula is C16H16ClN5O3S. The van der Waals surface area contributed by atoms with Crippen LogP contribution in [-0.2, 0) is 22.1 Å². The third-order valence-electron chi connectivity index (χ3n) is 4.00. The molecule has 1 aromatic carbocycles. The number of carbonyl (C=O) groups excluding carboxylic acids is 1. The molecule has 0 spiro atoms. The Hall–Kier alpha value is -2.65. The van der Waals surface area contributed by atoms with Gasteiger partial charge < -0.3 is 5.32 Å². The van der Waals surface area contributed by atoms with Gasteiger partial charge in [0.25, 0.3) is 5.91 Å². The Morgan fingerprint density at radius 3 is 2.62 bits per heavy atom. The van der Waals surface area contributed by atoms with Crippen LogP contribution < -0.4 is 5.32 Å². The molecule has 0 bridgehead atoms. The first kappa shape index (κ1) is 18.2. The van der Waals surface area contributed by atoms with Crippen LogP contribution in [0.5, 0.6) is 0 Å². The number of aryl methyl sites for hydroxylation is 1. The summed E-state index contributed by atoms with van der Waals surface area (Å²) in [5, 5.41) is 7.18. The number of hydrogen-bond acceptors (Lipinski definition) is 4. The van der Waals surface area contributed by atoms with Gasteiger partial charge in [-0.25, -0.2) is 4.31 Å². The molecular weight excluding hydrogens is 378 g/mol. The maximum Gasteiger partial charge on any atom is 0.345 e. The zero-order valence-electron chi connectivity index (χ0n) is 14.3. The van der Waals surface area contributed by atoms with Crippen molar-refractivity contribution in [3.05, 3.63) is 58.5 Å². The first-order valence-corrected chi connectivity index (χ1v) is 9.33. The van der Waals surface area contributed by atoms with Crippen molar-refractivity contribution < 1.29 is 13.2 Å². The fourth-order valence-corrected chi connectivity index (χ4v) is 3.50. The van der Waals surface area contributed by atoms with Crippen LogP contribution in [0.25, 0.3) is 0 Å². The average molecular weight is 394 g/mol. The van der Waals surface area contributed by atoms with Crippen LogP contribution in [0.1, 0.15) is 11.3 Å². The Balaban J connectivity index is 2.00. The second-order valence-electron chi connectivity index (χ2n) is 5.68. The van der Waals surface area contributed by atoms with Gasteiger partial charge in [-0.1, -0.05) is 17.7 Å². The van der Waals surface area contributed by atoms with E-state index >= 15 is 0 Å². The largest absolute Gasteiger partial charge is 0.345 e. The summed E-state index contributed by atoms with van der Waals surface area (Å²) in [5.74, 6) is -0.590. The zero-order chi connectivity index (χ0) is 19.1. The summed E-state index contributed by atoms with van der Waals surface area (Å²) in [5.41, 5.74) is 1.82. The quantitative estimate of drug-likeness (QED) is 0.861. The van der Waals surface area contributed by atoms with E-state index in [1.165, 1.54) is 19.3 Å². The molecule has 0 radical (unpaired) electrons. The lowest BCUT2D eigenvalue weighted by molar-refractivity contribution is -0.113. The van der Waals surface area contributed by atoms with E-state index in [0.717, 1.165) is 10.00 Å². The predicted molar refractivity (Wildman–Crippen MR) is 99.3 cm³/mol. The molecule has 3 rings (SSSR count). The maximum absolute atomic E-state index is 12.6. The summed E-state index contributed by atoms with van der Waals surface area (Å²) in [6, 6.07) is 6.57. The number of benzene rings is 1. The van der Waals surface area contributed by atoms with Crippen LogP contribution in [0.3, 0.4) is 0 Å². The van der Waals surface area contributed by atoms with E-state index in [0.29, 0.717) is 16.3 Å². The molecule has 0 saturated heterocycles. The number of likely N-dealkylation sites (N-methyl/N-ethyl adjacent to an activating group) is 1. The van der Waals surface area contributed by atoms with Crippen LogP contribution in [0.15, 0.2) is 46.6 Å². The smallest absolute Gasteiger partial charge is 0.321 e. The summed E-state index contributed by atoms with van der Waals surface area (Å²) in [4.78, 5) is 12.6. The fourth-order valence-electron chi connectivity index (χ4n) is 2.40. The summed E-state index contributed by atoms with van der Waals surface area (Å²) in [6.45, 7) is 1.79. The minimum atomic E-state index is -4.03. The molecule has 26 heavy (non-hydrogen) atoms. The Bertz CT molecular complexity index is 1060.